The average molecular weight is 221 g/mol. The minimum absolute atomic E-state index is 0.0602. The molecule has 0 bridgehead atoms. The predicted octanol–water partition coefficient (Wildman–Crippen LogP) is 1.19. The van der Waals surface area contributed by atoms with E-state index in [9.17, 15) is 15.0 Å². The molecule has 0 aliphatic heterocycles. The summed E-state index contributed by atoms with van der Waals surface area (Å²) in [7, 11) is 0. The second-order valence-electron chi connectivity index (χ2n) is 2.57. The summed E-state index contributed by atoms with van der Waals surface area (Å²) in [5.41, 5.74) is 0.842. The third-order valence-electron chi connectivity index (χ3n) is 1.69. The van der Waals surface area contributed by atoms with Crippen molar-refractivity contribution in [1.82, 2.24) is 0 Å². The third-order valence-corrected chi connectivity index (χ3v) is 2.79. The SMILES string of the molecule is O=Cc1cscc1C(O)C(O)CCl. The van der Waals surface area contributed by atoms with Gasteiger partial charge < -0.3 is 10.2 Å². The van der Waals surface area contributed by atoms with E-state index in [1.54, 1.807) is 10.8 Å². The summed E-state index contributed by atoms with van der Waals surface area (Å²) in [5.74, 6) is -0.0602. The van der Waals surface area contributed by atoms with Crippen LogP contribution in [0.4, 0.5) is 0 Å². The third kappa shape index (κ3) is 2.28. The average Bonchev–Trinajstić information content (AvgIpc) is 2.62. The lowest BCUT2D eigenvalue weighted by Crippen LogP contribution is -2.20. The van der Waals surface area contributed by atoms with Crippen LogP contribution in [0.3, 0.4) is 0 Å². The first-order valence-electron chi connectivity index (χ1n) is 3.64. The molecule has 1 aromatic rings. The van der Waals surface area contributed by atoms with Crippen LogP contribution in [0.15, 0.2) is 10.8 Å². The van der Waals surface area contributed by atoms with Crippen molar-refractivity contribution in [1.29, 1.82) is 0 Å². The van der Waals surface area contributed by atoms with Gasteiger partial charge in [0.1, 0.15) is 6.10 Å². The highest BCUT2D eigenvalue weighted by molar-refractivity contribution is 7.08. The van der Waals surface area contributed by atoms with Gasteiger partial charge in [-0.05, 0) is 5.38 Å². The molecule has 2 atom stereocenters. The zero-order valence-electron chi connectivity index (χ0n) is 6.68. The second kappa shape index (κ2) is 4.72. The van der Waals surface area contributed by atoms with Gasteiger partial charge in [0.15, 0.2) is 6.29 Å². The zero-order valence-corrected chi connectivity index (χ0v) is 8.26. The number of halogens is 1. The number of carbonyl (C=O) groups is 1. The van der Waals surface area contributed by atoms with E-state index in [0.717, 1.165) is 0 Å². The van der Waals surface area contributed by atoms with Gasteiger partial charge in [-0.15, -0.1) is 11.6 Å². The number of thiophene rings is 1. The summed E-state index contributed by atoms with van der Waals surface area (Å²) >= 11 is 6.67. The molecule has 2 unspecified atom stereocenters. The first kappa shape index (κ1) is 10.7. The van der Waals surface area contributed by atoms with E-state index < -0.39 is 12.2 Å². The minimum Gasteiger partial charge on any atom is -0.389 e. The van der Waals surface area contributed by atoms with Crippen molar-refractivity contribution in [2.24, 2.45) is 0 Å². The van der Waals surface area contributed by atoms with Crippen LogP contribution in [-0.2, 0) is 0 Å². The summed E-state index contributed by atoms with van der Waals surface area (Å²) in [4.78, 5) is 10.5. The van der Waals surface area contributed by atoms with Crippen LogP contribution in [0.5, 0.6) is 0 Å². The Morgan fingerprint density at radius 2 is 2.23 bits per heavy atom. The van der Waals surface area contributed by atoms with Gasteiger partial charge in [0.2, 0.25) is 0 Å². The lowest BCUT2D eigenvalue weighted by molar-refractivity contribution is 0.0326. The van der Waals surface area contributed by atoms with Crippen LogP contribution in [0, 0.1) is 0 Å². The Labute approximate surface area is 84.6 Å². The Morgan fingerprint density at radius 1 is 1.54 bits per heavy atom. The Morgan fingerprint density at radius 3 is 2.77 bits per heavy atom. The second-order valence-corrected chi connectivity index (χ2v) is 3.62. The molecule has 5 heteroatoms. The zero-order chi connectivity index (χ0) is 9.84. The molecule has 3 nitrogen and oxygen atoms in total. The fourth-order valence-corrected chi connectivity index (χ4v) is 1.94. The summed E-state index contributed by atoms with van der Waals surface area (Å²) in [6.07, 6.45) is -1.46. The number of aldehydes is 1. The molecule has 2 N–H and O–H groups in total. The van der Waals surface area contributed by atoms with Gasteiger partial charge in [-0.25, -0.2) is 0 Å². The molecule has 13 heavy (non-hydrogen) atoms. The first-order chi connectivity index (χ1) is 6.20. The molecule has 1 aromatic heterocycles. The number of rotatable bonds is 4. The van der Waals surface area contributed by atoms with Crippen molar-refractivity contribution in [2.75, 3.05) is 5.88 Å². The Balaban J connectivity index is 2.87. The summed E-state index contributed by atoms with van der Waals surface area (Å²) < 4.78 is 0. The van der Waals surface area contributed by atoms with E-state index in [1.165, 1.54) is 11.3 Å². The number of alkyl halides is 1. The summed E-state index contributed by atoms with van der Waals surface area (Å²) in [6, 6.07) is 0. The highest BCUT2D eigenvalue weighted by Gasteiger charge is 2.20. The maximum Gasteiger partial charge on any atom is 0.151 e. The highest BCUT2D eigenvalue weighted by Crippen LogP contribution is 2.24. The monoisotopic (exact) mass is 220 g/mol. The summed E-state index contributed by atoms with van der Waals surface area (Å²) in [5, 5.41) is 22.0. The fraction of sp³-hybridized carbons (Fsp3) is 0.375. The molecule has 72 valence electrons. The summed E-state index contributed by atoms with van der Waals surface area (Å²) in [6.45, 7) is 0. The van der Waals surface area contributed by atoms with Crippen molar-refractivity contribution in [2.45, 2.75) is 12.2 Å². The molecule has 0 spiro atoms. The van der Waals surface area contributed by atoms with Crippen molar-refractivity contribution >= 4 is 29.2 Å². The number of hydrogen-bond donors (Lipinski definition) is 2. The standard InChI is InChI=1S/C8H9ClO3S/c9-1-7(11)8(12)6-4-13-3-5(6)2-10/h2-4,7-8,11-12H,1H2. The smallest absolute Gasteiger partial charge is 0.151 e. The van der Waals surface area contributed by atoms with Crippen LogP contribution < -0.4 is 0 Å². The molecule has 0 aromatic carbocycles. The topological polar surface area (TPSA) is 57.5 Å². The normalized spacial score (nSPS) is 15.3. The van der Waals surface area contributed by atoms with E-state index in [-0.39, 0.29) is 5.88 Å². The van der Waals surface area contributed by atoms with E-state index >= 15 is 0 Å². The predicted molar refractivity (Wildman–Crippen MR) is 51.4 cm³/mol. The van der Waals surface area contributed by atoms with E-state index in [2.05, 4.69) is 0 Å². The molecule has 1 heterocycles. The van der Waals surface area contributed by atoms with Crippen LogP contribution in [0.1, 0.15) is 22.0 Å². The molecule has 0 saturated heterocycles. The van der Waals surface area contributed by atoms with Gasteiger partial charge in [-0.3, -0.25) is 4.79 Å². The number of aliphatic hydroxyl groups excluding tert-OH is 2. The maximum absolute atomic E-state index is 10.5. The largest absolute Gasteiger partial charge is 0.389 e. The highest BCUT2D eigenvalue weighted by atomic mass is 35.5. The van der Waals surface area contributed by atoms with Gasteiger partial charge in [-0.2, -0.15) is 11.3 Å². The molecule has 0 saturated carbocycles. The van der Waals surface area contributed by atoms with E-state index in [1.807, 2.05) is 0 Å². The lowest BCUT2D eigenvalue weighted by Gasteiger charge is -2.14. The van der Waals surface area contributed by atoms with Crippen LogP contribution in [-0.4, -0.2) is 28.5 Å². The van der Waals surface area contributed by atoms with Gasteiger partial charge in [-0.1, -0.05) is 0 Å². The van der Waals surface area contributed by atoms with Crippen LogP contribution in [0.2, 0.25) is 0 Å². The quantitative estimate of drug-likeness (QED) is 0.592. The molecule has 1 rings (SSSR count). The molecular formula is C8H9ClO3S. The van der Waals surface area contributed by atoms with Crippen LogP contribution in [0.25, 0.3) is 0 Å². The van der Waals surface area contributed by atoms with Gasteiger partial charge in [0, 0.05) is 16.5 Å². The van der Waals surface area contributed by atoms with Crippen molar-refractivity contribution in [3.05, 3.63) is 21.9 Å². The number of carbonyl (C=O) groups excluding carboxylic acids is 1. The molecule has 0 aliphatic rings. The van der Waals surface area contributed by atoms with Crippen molar-refractivity contribution in [3.63, 3.8) is 0 Å². The molecular weight excluding hydrogens is 212 g/mol. The molecule has 0 radical (unpaired) electrons. The van der Waals surface area contributed by atoms with Crippen LogP contribution >= 0.6 is 22.9 Å². The lowest BCUT2D eigenvalue weighted by atomic mass is 10.1. The molecule has 0 fully saturated rings. The van der Waals surface area contributed by atoms with Crippen molar-refractivity contribution in [3.8, 4) is 0 Å². The number of hydrogen-bond acceptors (Lipinski definition) is 4. The minimum atomic E-state index is -1.08. The van der Waals surface area contributed by atoms with E-state index in [0.29, 0.717) is 17.4 Å². The first-order valence-corrected chi connectivity index (χ1v) is 5.11. The maximum atomic E-state index is 10.5. The van der Waals surface area contributed by atoms with Gasteiger partial charge in [0.25, 0.3) is 0 Å². The van der Waals surface area contributed by atoms with Gasteiger partial charge in [0.05, 0.1) is 12.0 Å². The van der Waals surface area contributed by atoms with E-state index in [4.69, 9.17) is 11.6 Å². The van der Waals surface area contributed by atoms with Gasteiger partial charge >= 0.3 is 0 Å². The Kier molecular flexibility index (Phi) is 3.87. The van der Waals surface area contributed by atoms with Crippen molar-refractivity contribution < 1.29 is 15.0 Å². The molecule has 0 amide bonds. The number of aliphatic hydroxyl groups is 2. The molecule has 0 aliphatic carbocycles. The fourth-order valence-electron chi connectivity index (χ4n) is 0.945. The Bertz CT molecular complexity index is 287. The Hall–Kier alpha value is -0.420.